The van der Waals surface area contributed by atoms with Gasteiger partial charge in [0.15, 0.2) is 0 Å². The quantitative estimate of drug-likeness (QED) is 0.757. The maximum atomic E-state index is 10.5. The van der Waals surface area contributed by atoms with Crippen LogP contribution in [0.5, 0.6) is 5.75 Å². The van der Waals surface area contributed by atoms with Crippen LogP contribution in [0, 0.1) is 0 Å². The molecule has 4 nitrogen and oxygen atoms in total. The molecule has 0 radical (unpaired) electrons. The highest BCUT2D eigenvalue weighted by Gasteiger charge is 2.08. The van der Waals surface area contributed by atoms with Crippen molar-refractivity contribution in [3.63, 3.8) is 0 Å². The van der Waals surface area contributed by atoms with E-state index in [1.54, 1.807) is 31.1 Å². The molecule has 0 aliphatic rings. The lowest BCUT2D eigenvalue weighted by Crippen LogP contribution is -2.13. The van der Waals surface area contributed by atoms with Gasteiger partial charge in [-0.15, -0.1) is 0 Å². The minimum atomic E-state index is -0.876. The van der Waals surface area contributed by atoms with Crippen LogP contribution in [0.3, 0.4) is 0 Å². The van der Waals surface area contributed by atoms with E-state index in [2.05, 4.69) is 0 Å². The molecule has 0 aliphatic heterocycles. The Kier molecular flexibility index (Phi) is 2.96. The topological polar surface area (TPSA) is 60.8 Å². The molecule has 0 spiro atoms. The van der Waals surface area contributed by atoms with Gasteiger partial charge in [-0.2, -0.15) is 0 Å². The summed E-state index contributed by atoms with van der Waals surface area (Å²) in [6, 6.07) is 4.67. The van der Waals surface area contributed by atoms with E-state index in [1.165, 1.54) is 6.07 Å². The maximum Gasteiger partial charge on any atom is 0.307 e. The van der Waals surface area contributed by atoms with Crippen LogP contribution in [0.2, 0.25) is 0 Å². The summed E-state index contributed by atoms with van der Waals surface area (Å²) in [5, 5.41) is 17.9. The van der Waals surface area contributed by atoms with E-state index in [-0.39, 0.29) is 12.2 Å². The van der Waals surface area contributed by atoms with Crippen molar-refractivity contribution in [2.45, 2.75) is 6.42 Å². The van der Waals surface area contributed by atoms with E-state index < -0.39 is 5.97 Å². The molecule has 4 heteroatoms. The lowest BCUT2D eigenvalue weighted by molar-refractivity contribution is -0.136. The Labute approximate surface area is 82.4 Å². The molecule has 1 aromatic carbocycles. The summed E-state index contributed by atoms with van der Waals surface area (Å²) >= 11 is 0. The maximum absolute atomic E-state index is 10.5. The molecule has 14 heavy (non-hydrogen) atoms. The summed E-state index contributed by atoms with van der Waals surface area (Å²) in [6.45, 7) is 0. The number of anilines is 1. The highest BCUT2D eigenvalue weighted by atomic mass is 16.4. The molecule has 0 aliphatic carbocycles. The van der Waals surface area contributed by atoms with Crippen LogP contribution in [-0.4, -0.2) is 30.3 Å². The first-order chi connectivity index (χ1) is 6.50. The molecule has 0 bridgehead atoms. The number of hydrogen-bond donors (Lipinski definition) is 2. The second-order valence-corrected chi connectivity index (χ2v) is 3.28. The van der Waals surface area contributed by atoms with Gasteiger partial charge >= 0.3 is 5.97 Å². The Balaban J connectivity index is 3.08. The lowest BCUT2D eigenvalue weighted by atomic mass is 10.1. The van der Waals surface area contributed by atoms with Gasteiger partial charge in [0.2, 0.25) is 0 Å². The summed E-state index contributed by atoms with van der Waals surface area (Å²) in [6.07, 6.45) is -0.0339. The van der Waals surface area contributed by atoms with Gasteiger partial charge in [0.1, 0.15) is 5.75 Å². The van der Waals surface area contributed by atoms with Crippen molar-refractivity contribution in [1.82, 2.24) is 0 Å². The van der Waals surface area contributed by atoms with Crippen molar-refractivity contribution in [2.75, 3.05) is 19.0 Å². The third kappa shape index (κ3) is 2.39. The molecular formula is C10H13NO3. The van der Waals surface area contributed by atoms with E-state index in [0.717, 1.165) is 5.69 Å². The molecule has 0 aromatic heterocycles. The van der Waals surface area contributed by atoms with E-state index in [9.17, 15) is 9.90 Å². The average molecular weight is 195 g/mol. The van der Waals surface area contributed by atoms with Gasteiger partial charge in [-0.3, -0.25) is 4.79 Å². The van der Waals surface area contributed by atoms with Crippen LogP contribution in [0.1, 0.15) is 5.56 Å². The zero-order chi connectivity index (χ0) is 10.7. The van der Waals surface area contributed by atoms with Gasteiger partial charge in [0.05, 0.1) is 6.42 Å². The van der Waals surface area contributed by atoms with E-state index >= 15 is 0 Å². The predicted octanol–water partition coefficient (Wildman–Crippen LogP) is 1.09. The zero-order valence-electron chi connectivity index (χ0n) is 8.19. The second kappa shape index (κ2) is 4.00. The molecule has 0 atom stereocenters. The molecule has 0 saturated carbocycles. The molecule has 0 unspecified atom stereocenters. The van der Waals surface area contributed by atoms with E-state index in [0.29, 0.717) is 5.56 Å². The fourth-order valence-electron chi connectivity index (χ4n) is 1.28. The lowest BCUT2D eigenvalue weighted by Gasteiger charge is -2.16. The summed E-state index contributed by atoms with van der Waals surface area (Å²) < 4.78 is 0. The monoisotopic (exact) mass is 195 g/mol. The number of nitrogens with zero attached hydrogens (tertiary/aromatic N) is 1. The Bertz CT molecular complexity index is 347. The van der Waals surface area contributed by atoms with Crippen LogP contribution in [-0.2, 0) is 11.2 Å². The Hall–Kier alpha value is -1.71. The Morgan fingerprint density at radius 1 is 1.43 bits per heavy atom. The van der Waals surface area contributed by atoms with Gasteiger partial charge in [-0.1, -0.05) is 6.07 Å². The van der Waals surface area contributed by atoms with Gasteiger partial charge in [0, 0.05) is 25.8 Å². The van der Waals surface area contributed by atoms with Gasteiger partial charge in [-0.25, -0.2) is 0 Å². The molecule has 2 N–H and O–H groups in total. The Morgan fingerprint density at radius 2 is 2.07 bits per heavy atom. The third-order valence-electron chi connectivity index (χ3n) is 1.89. The number of benzene rings is 1. The molecule has 1 rings (SSSR count). The molecule has 76 valence electrons. The normalized spacial score (nSPS) is 9.86. The van der Waals surface area contributed by atoms with Crippen LogP contribution >= 0.6 is 0 Å². The highest BCUT2D eigenvalue weighted by Crippen LogP contribution is 2.24. The molecule has 0 amide bonds. The number of aliphatic carboxylic acids is 1. The first-order valence-corrected chi connectivity index (χ1v) is 4.21. The van der Waals surface area contributed by atoms with Crippen molar-refractivity contribution in [1.29, 1.82) is 0 Å². The number of aromatic hydroxyl groups is 1. The molecule has 0 saturated heterocycles. The number of rotatable bonds is 3. The summed E-state index contributed by atoms with van der Waals surface area (Å²) in [7, 11) is 3.61. The number of phenols is 1. The standard InChI is InChI=1S/C10H13NO3/c1-11(2)9-6-8(12)4-3-7(9)5-10(13)14/h3-4,6,12H,5H2,1-2H3,(H,13,14). The minimum Gasteiger partial charge on any atom is -0.508 e. The van der Waals surface area contributed by atoms with Crippen molar-refractivity contribution in [2.24, 2.45) is 0 Å². The number of phenolic OH excluding ortho intramolecular Hbond substituents is 1. The first-order valence-electron chi connectivity index (χ1n) is 4.21. The molecule has 0 fully saturated rings. The fourth-order valence-corrected chi connectivity index (χ4v) is 1.28. The van der Waals surface area contributed by atoms with Crippen molar-refractivity contribution in [3.8, 4) is 5.75 Å². The van der Waals surface area contributed by atoms with Gasteiger partial charge in [-0.05, 0) is 11.6 Å². The number of carboxylic acids is 1. The minimum absolute atomic E-state index is 0.0339. The highest BCUT2D eigenvalue weighted by molar-refractivity contribution is 5.74. The fraction of sp³-hybridized carbons (Fsp3) is 0.300. The number of carboxylic acid groups (broad SMARTS) is 1. The van der Waals surface area contributed by atoms with Crippen molar-refractivity contribution in [3.05, 3.63) is 23.8 Å². The molecular weight excluding hydrogens is 182 g/mol. The Morgan fingerprint density at radius 3 is 2.57 bits per heavy atom. The van der Waals surface area contributed by atoms with Gasteiger partial charge in [0.25, 0.3) is 0 Å². The summed E-state index contributed by atoms with van der Waals surface area (Å²) in [5.41, 5.74) is 1.42. The first kappa shape index (κ1) is 10.4. The summed E-state index contributed by atoms with van der Waals surface area (Å²) in [5.74, 6) is -0.735. The number of hydrogen-bond acceptors (Lipinski definition) is 3. The molecule has 1 aromatic rings. The van der Waals surface area contributed by atoms with Crippen molar-refractivity contribution < 1.29 is 15.0 Å². The predicted molar refractivity (Wildman–Crippen MR) is 53.8 cm³/mol. The van der Waals surface area contributed by atoms with Crippen LogP contribution in [0.25, 0.3) is 0 Å². The van der Waals surface area contributed by atoms with Crippen LogP contribution < -0.4 is 4.90 Å². The SMILES string of the molecule is CN(C)c1cc(O)ccc1CC(=O)O. The van der Waals surface area contributed by atoms with Crippen LogP contribution in [0.15, 0.2) is 18.2 Å². The van der Waals surface area contributed by atoms with Crippen LogP contribution in [0.4, 0.5) is 5.69 Å². The largest absolute Gasteiger partial charge is 0.508 e. The van der Waals surface area contributed by atoms with Gasteiger partial charge < -0.3 is 15.1 Å². The average Bonchev–Trinajstić information content (AvgIpc) is 2.07. The second-order valence-electron chi connectivity index (χ2n) is 3.28. The summed E-state index contributed by atoms with van der Waals surface area (Å²) in [4.78, 5) is 12.3. The smallest absolute Gasteiger partial charge is 0.307 e. The van der Waals surface area contributed by atoms with E-state index in [4.69, 9.17) is 5.11 Å². The zero-order valence-corrected chi connectivity index (χ0v) is 8.19. The van der Waals surface area contributed by atoms with E-state index in [1.807, 2.05) is 0 Å². The number of carbonyl (C=O) groups is 1. The third-order valence-corrected chi connectivity index (χ3v) is 1.89. The van der Waals surface area contributed by atoms with Crippen molar-refractivity contribution >= 4 is 11.7 Å². The molecule has 0 heterocycles.